The molecule has 0 amide bonds. The summed E-state index contributed by atoms with van der Waals surface area (Å²) < 4.78 is 2.41. The van der Waals surface area contributed by atoms with Gasteiger partial charge in [0.15, 0.2) is 0 Å². The molecular formula is C21H19N. The van der Waals surface area contributed by atoms with Gasteiger partial charge in [0.2, 0.25) is 0 Å². The first-order chi connectivity index (χ1) is 10.8. The largest absolute Gasteiger partial charge is 0.316 e. The van der Waals surface area contributed by atoms with E-state index in [9.17, 15) is 0 Å². The Kier molecular flexibility index (Phi) is 3.19. The Bertz CT molecular complexity index is 727. The zero-order valence-corrected chi connectivity index (χ0v) is 12.7. The lowest BCUT2D eigenvalue weighted by Crippen LogP contribution is -2.08. The molecule has 2 aliphatic rings. The van der Waals surface area contributed by atoms with Gasteiger partial charge in [-0.05, 0) is 31.2 Å². The van der Waals surface area contributed by atoms with Crippen molar-refractivity contribution in [3.8, 4) is 5.69 Å². The number of allylic oxidation sites excluding steroid dienone is 8. The van der Waals surface area contributed by atoms with E-state index < -0.39 is 0 Å². The second-order valence-electron chi connectivity index (χ2n) is 5.95. The topological polar surface area (TPSA) is 4.93 Å². The summed E-state index contributed by atoms with van der Waals surface area (Å²) in [4.78, 5) is 0. The summed E-state index contributed by atoms with van der Waals surface area (Å²) in [6.45, 7) is 2.13. The van der Waals surface area contributed by atoms with Crippen LogP contribution in [0.2, 0.25) is 0 Å². The van der Waals surface area contributed by atoms with Crippen molar-refractivity contribution in [1.29, 1.82) is 0 Å². The minimum atomic E-state index is 0.365. The van der Waals surface area contributed by atoms with Gasteiger partial charge in [0, 0.05) is 28.9 Å². The molecule has 0 saturated carbocycles. The Morgan fingerprint density at radius 3 is 1.55 bits per heavy atom. The molecule has 0 atom stereocenters. The van der Waals surface area contributed by atoms with Crippen LogP contribution < -0.4 is 0 Å². The second kappa shape index (κ2) is 5.34. The summed E-state index contributed by atoms with van der Waals surface area (Å²) >= 11 is 0. The Labute approximate surface area is 131 Å². The summed E-state index contributed by atoms with van der Waals surface area (Å²) in [5.74, 6) is 0.730. The zero-order valence-electron chi connectivity index (χ0n) is 12.7. The van der Waals surface area contributed by atoms with Gasteiger partial charge in [-0.2, -0.15) is 0 Å². The minimum Gasteiger partial charge on any atom is -0.316 e. The van der Waals surface area contributed by atoms with E-state index in [1.807, 2.05) is 0 Å². The second-order valence-corrected chi connectivity index (χ2v) is 5.95. The van der Waals surface area contributed by atoms with Gasteiger partial charge in [-0.3, -0.25) is 0 Å². The van der Waals surface area contributed by atoms with Crippen molar-refractivity contribution >= 4 is 0 Å². The van der Waals surface area contributed by atoms with Crippen LogP contribution in [0, 0.1) is 6.92 Å². The maximum atomic E-state index is 2.41. The van der Waals surface area contributed by atoms with E-state index in [1.54, 1.807) is 0 Å². The van der Waals surface area contributed by atoms with Crippen LogP contribution in [-0.2, 0) is 0 Å². The highest BCUT2D eigenvalue weighted by molar-refractivity contribution is 5.47. The molecule has 0 fully saturated rings. The van der Waals surface area contributed by atoms with Crippen LogP contribution in [0.1, 0.15) is 28.8 Å². The molecule has 0 aliphatic heterocycles. The molecule has 4 rings (SSSR count). The molecule has 0 unspecified atom stereocenters. The molecule has 22 heavy (non-hydrogen) atoms. The van der Waals surface area contributed by atoms with Gasteiger partial charge >= 0.3 is 0 Å². The Hall–Kier alpha value is -2.54. The number of hydrogen-bond acceptors (Lipinski definition) is 0. The lowest BCUT2D eigenvalue weighted by Gasteiger charge is -2.18. The highest BCUT2D eigenvalue weighted by Crippen LogP contribution is 2.33. The molecule has 1 aromatic carbocycles. The van der Waals surface area contributed by atoms with E-state index in [2.05, 4.69) is 96.5 Å². The number of aryl methyl sites for hydroxylation is 1. The third kappa shape index (κ3) is 2.19. The van der Waals surface area contributed by atoms with Crippen LogP contribution in [0.4, 0.5) is 0 Å². The van der Waals surface area contributed by atoms with Crippen LogP contribution in [-0.4, -0.2) is 4.57 Å². The Morgan fingerprint density at radius 2 is 1.09 bits per heavy atom. The lowest BCUT2D eigenvalue weighted by molar-refractivity contribution is 0.846. The summed E-state index contributed by atoms with van der Waals surface area (Å²) in [7, 11) is 0. The summed E-state index contributed by atoms with van der Waals surface area (Å²) in [5, 5.41) is 0. The molecule has 1 heteroatoms. The van der Waals surface area contributed by atoms with Crippen LogP contribution in [0.3, 0.4) is 0 Å². The molecule has 0 N–H and O–H groups in total. The van der Waals surface area contributed by atoms with Crippen LogP contribution in [0.5, 0.6) is 0 Å². The molecule has 0 saturated heterocycles. The number of rotatable bonds is 3. The highest BCUT2D eigenvalue weighted by Gasteiger charge is 2.20. The van der Waals surface area contributed by atoms with Crippen molar-refractivity contribution < 1.29 is 0 Å². The molecule has 108 valence electrons. The van der Waals surface area contributed by atoms with E-state index in [0.717, 1.165) is 0 Å². The smallest absolute Gasteiger partial charge is 0.0456 e. The molecule has 0 spiro atoms. The molecule has 0 radical (unpaired) electrons. The van der Waals surface area contributed by atoms with Crippen molar-refractivity contribution in [2.24, 2.45) is 0 Å². The quantitative estimate of drug-likeness (QED) is 0.730. The molecular weight excluding hydrogens is 266 g/mol. The molecule has 2 aliphatic carbocycles. The van der Waals surface area contributed by atoms with Gasteiger partial charge in [-0.15, -0.1) is 0 Å². The maximum absolute atomic E-state index is 2.41. The fourth-order valence-electron chi connectivity index (χ4n) is 3.24. The number of benzene rings is 1. The van der Waals surface area contributed by atoms with Crippen LogP contribution >= 0.6 is 0 Å². The van der Waals surface area contributed by atoms with E-state index in [0.29, 0.717) is 11.8 Å². The van der Waals surface area contributed by atoms with E-state index in [4.69, 9.17) is 0 Å². The van der Waals surface area contributed by atoms with Gasteiger partial charge in [0.05, 0.1) is 0 Å². The normalized spacial score (nSPS) is 17.1. The fourth-order valence-corrected chi connectivity index (χ4v) is 3.24. The third-order valence-electron chi connectivity index (χ3n) is 4.41. The summed E-state index contributed by atoms with van der Waals surface area (Å²) in [6.07, 6.45) is 17.5. The third-order valence-corrected chi connectivity index (χ3v) is 4.41. The highest BCUT2D eigenvalue weighted by atomic mass is 15.0. The molecule has 1 aromatic heterocycles. The van der Waals surface area contributed by atoms with Crippen molar-refractivity contribution in [2.75, 3.05) is 0 Å². The first-order valence-corrected chi connectivity index (χ1v) is 7.81. The number of nitrogens with zero attached hydrogens (tertiary/aromatic N) is 1. The maximum Gasteiger partial charge on any atom is 0.0456 e. The first-order valence-electron chi connectivity index (χ1n) is 7.81. The Balaban J connectivity index is 1.87. The average molecular weight is 285 g/mol. The lowest BCUT2D eigenvalue weighted by atomic mass is 10.1. The molecule has 2 aromatic rings. The van der Waals surface area contributed by atoms with E-state index in [-0.39, 0.29) is 0 Å². The van der Waals surface area contributed by atoms with Gasteiger partial charge in [-0.25, -0.2) is 0 Å². The SMILES string of the molecule is Cc1ccc(-n2c(C3C=CC=C3)ccc2C2C=CC=C2)cc1. The predicted octanol–water partition coefficient (Wildman–Crippen LogP) is 5.20. The van der Waals surface area contributed by atoms with Gasteiger partial charge in [0.1, 0.15) is 0 Å². The standard InChI is InChI=1S/C21H19N/c1-16-10-12-19(13-11-16)22-20(17-6-2-3-7-17)14-15-21(22)18-8-4-5-9-18/h2-15,17-18H,1H3. The molecule has 1 nitrogen and oxygen atoms in total. The van der Waals surface area contributed by atoms with Gasteiger partial charge in [-0.1, -0.05) is 66.3 Å². The summed E-state index contributed by atoms with van der Waals surface area (Å²) in [6, 6.07) is 13.3. The van der Waals surface area contributed by atoms with Crippen molar-refractivity contribution in [3.63, 3.8) is 0 Å². The Morgan fingerprint density at radius 1 is 0.636 bits per heavy atom. The van der Waals surface area contributed by atoms with Crippen molar-refractivity contribution in [2.45, 2.75) is 18.8 Å². The fraction of sp³-hybridized carbons (Fsp3) is 0.143. The van der Waals surface area contributed by atoms with Crippen molar-refractivity contribution in [3.05, 3.63) is 102 Å². The van der Waals surface area contributed by atoms with Gasteiger partial charge in [0.25, 0.3) is 0 Å². The molecule has 1 heterocycles. The zero-order chi connectivity index (χ0) is 14.9. The monoisotopic (exact) mass is 285 g/mol. The predicted molar refractivity (Wildman–Crippen MR) is 92.5 cm³/mol. The van der Waals surface area contributed by atoms with Crippen molar-refractivity contribution in [1.82, 2.24) is 4.57 Å². The van der Waals surface area contributed by atoms with E-state index >= 15 is 0 Å². The minimum absolute atomic E-state index is 0.365. The first kappa shape index (κ1) is 13.1. The molecule has 0 bridgehead atoms. The number of hydrogen-bond donors (Lipinski definition) is 0. The summed E-state index contributed by atoms with van der Waals surface area (Å²) in [5.41, 5.74) is 5.19. The average Bonchev–Trinajstić information content (AvgIpc) is 3.27. The van der Waals surface area contributed by atoms with Crippen LogP contribution in [0.15, 0.2) is 85.0 Å². The van der Waals surface area contributed by atoms with E-state index in [1.165, 1.54) is 22.6 Å². The van der Waals surface area contributed by atoms with Crippen LogP contribution in [0.25, 0.3) is 5.69 Å². The van der Waals surface area contributed by atoms with Gasteiger partial charge < -0.3 is 4.57 Å². The number of aromatic nitrogens is 1.